The Labute approximate surface area is 177 Å². The van der Waals surface area contributed by atoms with E-state index < -0.39 is 5.97 Å². The van der Waals surface area contributed by atoms with Gasteiger partial charge in [-0.3, -0.25) is 0 Å². The van der Waals surface area contributed by atoms with Crippen LogP contribution in [-0.4, -0.2) is 26.1 Å². The topological polar surface area (TPSA) is 77.2 Å². The molecule has 6 nitrogen and oxygen atoms in total. The van der Waals surface area contributed by atoms with Crippen molar-refractivity contribution in [3.05, 3.63) is 53.6 Å². The normalized spacial score (nSPS) is 12.7. The SMILES string of the molecule is C=C(C)C(=O)Oc1cc(-n2nc3ccccc3n2)c(O)c(C(C)CC)c1C(C)(C)C. The van der Waals surface area contributed by atoms with Crippen LogP contribution in [0.3, 0.4) is 0 Å². The van der Waals surface area contributed by atoms with E-state index in [1.807, 2.05) is 52.0 Å². The standard InChI is InChI=1S/C24H29N3O3/c1-8-15(4)20-21(24(5,6)7)19(30-23(29)14(2)3)13-18(22(20)28)27-25-16-11-9-10-12-17(16)26-27/h9-13,15,28H,2,8H2,1,3-7H3. The Kier molecular flexibility index (Phi) is 5.70. The first-order chi connectivity index (χ1) is 14.0. The number of carbonyl (C=O) groups is 1. The summed E-state index contributed by atoms with van der Waals surface area (Å²) in [5.74, 6) is 0.0157. The van der Waals surface area contributed by atoms with Crippen LogP contribution in [0, 0.1) is 0 Å². The molecule has 3 aromatic rings. The largest absolute Gasteiger partial charge is 0.505 e. The Hall–Kier alpha value is -3.15. The van der Waals surface area contributed by atoms with E-state index in [1.54, 1.807) is 13.0 Å². The fourth-order valence-corrected chi connectivity index (χ4v) is 3.50. The van der Waals surface area contributed by atoms with Crippen LogP contribution in [0.1, 0.15) is 65.0 Å². The lowest BCUT2D eigenvalue weighted by Crippen LogP contribution is -2.21. The molecule has 1 heterocycles. The van der Waals surface area contributed by atoms with E-state index >= 15 is 0 Å². The van der Waals surface area contributed by atoms with Crippen molar-refractivity contribution in [1.29, 1.82) is 0 Å². The molecule has 0 aliphatic carbocycles. The third-order valence-electron chi connectivity index (χ3n) is 5.19. The maximum atomic E-state index is 12.4. The van der Waals surface area contributed by atoms with E-state index in [9.17, 15) is 9.90 Å². The van der Waals surface area contributed by atoms with Crippen molar-refractivity contribution >= 4 is 17.0 Å². The quantitative estimate of drug-likeness (QED) is 0.347. The zero-order chi connectivity index (χ0) is 22.2. The van der Waals surface area contributed by atoms with Crippen LogP contribution in [0.15, 0.2) is 42.5 Å². The Bertz CT molecular complexity index is 1090. The first kappa shape index (κ1) is 21.6. The predicted molar refractivity (Wildman–Crippen MR) is 118 cm³/mol. The highest BCUT2D eigenvalue weighted by molar-refractivity contribution is 5.89. The molecule has 0 saturated heterocycles. The molecule has 1 aromatic heterocycles. The van der Waals surface area contributed by atoms with Crippen LogP contribution in [0.5, 0.6) is 11.5 Å². The fourth-order valence-electron chi connectivity index (χ4n) is 3.50. The number of esters is 1. The van der Waals surface area contributed by atoms with E-state index in [0.717, 1.165) is 17.5 Å². The molecule has 0 spiro atoms. The number of hydrogen-bond donors (Lipinski definition) is 1. The van der Waals surface area contributed by atoms with Gasteiger partial charge in [-0.05, 0) is 36.8 Å². The van der Waals surface area contributed by atoms with Crippen molar-refractivity contribution in [2.45, 2.75) is 59.3 Å². The summed E-state index contributed by atoms with van der Waals surface area (Å²) in [5.41, 5.74) is 3.26. The number of aromatic hydroxyl groups is 1. The molecule has 2 aromatic carbocycles. The number of phenolic OH excluding ortho intramolecular Hbond substituents is 1. The summed E-state index contributed by atoms with van der Waals surface area (Å²) in [4.78, 5) is 13.8. The van der Waals surface area contributed by atoms with Crippen molar-refractivity contribution < 1.29 is 14.6 Å². The molecule has 0 aliphatic rings. The number of nitrogens with zero attached hydrogens (tertiary/aromatic N) is 3. The minimum absolute atomic E-state index is 0.0337. The number of aromatic nitrogens is 3. The van der Waals surface area contributed by atoms with Gasteiger partial charge in [0, 0.05) is 22.8 Å². The number of phenols is 1. The van der Waals surface area contributed by atoms with Gasteiger partial charge in [0.1, 0.15) is 28.2 Å². The maximum absolute atomic E-state index is 12.4. The Morgan fingerprint density at radius 2 is 1.80 bits per heavy atom. The summed E-state index contributed by atoms with van der Waals surface area (Å²) in [6.07, 6.45) is 0.808. The second-order valence-electron chi connectivity index (χ2n) is 8.74. The Morgan fingerprint density at radius 1 is 1.23 bits per heavy atom. The van der Waals surface area contributed by atoms with Gasteiger partial charge < -0.3 is 9.84 Å². The van der Waals surface area contributed by atoms with Crippen molar-refractivity contribution in [1.82, 2.24) is 15.0 Å². The lowest BCUT2D eigenvalue weighted by molar-refractivity contribution is -0.130. The monoisotopic (exact) mass is 407 g/mol. The predicted octanol–water partition coefficient (Wildman–Crippen LogP) is 5.42. The first-order valence-electron chi connectivity index (χ1n) is 10.1. The molecule has 0 saturated carbocycles. The van der Waals surface area contributed by atoms with E-state index in [0.29, 0.717) is 28.0 Å². The number of rotatable bonds is 5. The Balaban J connectivity index is 2.35. The summed E-state index contributed by atoms with van der Waals surface area (Å²) in [6, 6.07) is 9.12. The number of benzene rings is 2. The van der Waals surface area contributed by atoms with Crippen LogP contribution < -0.4 is 4.74 Å². The molecule has 0 amide bonds. The first-order valence-corrected chi connectivity index (χ1v) is 10.1. The molecule has 6 heteroatoms. The smallest absolute Gasteiger partial charge is 0.338 e. The minimum Gasteiger partial charge on any atom is -0.505 e. The van der Waals surface area contributed by atoms with Gasteiger partial charge in [-0.1, -0.05) is 53.3 Å². The highest BCUT2D eigenvalue weighted by Gasteiger charge is 2.31. The minimum atomic E-state index is -0.508. The highest BCUT2D eigenvalue weighted by Crippen LogP contribution is 2.46. The van der Waals surface area contributed by atoms with Gasteiger partial charge in [-0.25, -0.2) is 4.79 Å². The zero-order valence-corrected chi connectivity index (χ0v) is 18.5. The average Bonchev–Trinajstić information content (AvgIpc) is 3.10. The van der Waals surface area contributed by atoms with Crippen molar-refractivity contribution in [2.24, 2.45) is 0 Å². The summed E-state index contributed by atoms with van der Waals surface area (Å²) < 4.78 is 5.74. The van der Waals surface area contributed by atoms with Gasteiger partial charge in [-0.2, -0.15) is 0 Å². The van der Waals surface area contributed by atoms with Gasteiger partial charge in [0.2, 0.25) is 0 Å². The molecule has 0 aliphatic heterocycles. The van der Waals surface area contributed by atoms with Crippen LogP contribution >= 0.6 is 0 Å². The number of ether oxygens (including phenoxy) is 1. The zero-order valence-electron chi connectivity index (χ0n) is 18.5. The van der Waals surface area contributed by atoms with Gasteiger partial charge >= 0.3 is 5.97 Å². The lowest BCUT2D eigenvalue weighted by Gasteiger charge is -2.29. The van der Waals surface area contributed by atoms with Gasteiger partial charge in [0.15, 0.2) is 0 Å². The molecule has 0 radical (unpaired) electrons. The molecular formula is C24H29N3O3. The van der Waals surface area contributed by atoms with Crippen LogP contribution in [0.25, 0.3) is 16.7 Å². The van der Waals surface area contributed by atoms with E-state index in [1.165, 1.54) is 4.80 Å². The number of fused-ring (bicyclic) bond motifs is 1. The summed E-state index contributed by atoms with van der Waals surface area (Å²) in [7, 11) is 0. The Morgan fingerprint density at radius 3 is 2.27 bits per heavy atom. The van der Waals surface area contributed by atoms with Crippen molar-refractivity contribution in [3.63, 3.8) is 0 Å². The van der Waals surface area contributed by atoms with E-state index in [2.05, 4.69) is 23.7 Å². The molecule has 1 atom stereocenters. The summed E-state index contributed by atoms with van der Waals surface area (Å²) in [6.45, 7) is 15.5. The number of hydrogen-bond acceptors (Lipinski definition) is 5. The third-order valence-corrected chi connectivity index (χ3v) is 5.19. The summed E-state index contributed by atoms with van der Waals surface area (Å²) in [5, 5.41) is 20.3. The molecule has 0 fully saturated rings. The van der Waals surface area contributed by atoms with E-state index in [-0.39, 0.29) is 17.1 Å². The molecule has 3 rings (SSSR count). The van der Waals surface area contributed by atoms with Crippen LogP contribution in [0.4, 0.5) is 0 Å². The molecule has 1 unspecified atom stereocenters. The van der Waals surface area contributed by atoms with Crippen LogP contribution in [0.2, 0.25) is 0 Å². The van der Waals surface area contributed by atoms with Gasteiger partial charge in [0.25, 0.3) is 0 Å². The second kappa shape index (κ2) is 7.94. The van der Waals surface area contributed by atoms with Gasteiger partial charge in [0.05, 0.1) is 0 Å². The third kappa shape index (κ3) is 3.95. The lowest BCUT2D eigenvalue weighted by atomic mass is 9.78. The average molecular weight is 408 g/mol. The maximum Gasteiger partial charge on any atom is 0.338 e. The van der Waals surface area contributed by atoms with Crippen molar-refractivity contribution in [2.75, 3.05) is 0 Å². The van der Waals surface area contributed by atoms with E-state index in [4.69, 9.17) is 4.74 Å². The second-order valence-corrected chi connectivity index (χ2v) is 8.74. The number of carbonyl (C=O) groups excluding carboxylic acids is 1. The summed E-state index contributed by atoms with van der Waals surface area (Å²) >= 11 is 0. The fraction of sp³-hybridized carbons (Fsp3) is 0.375. The highest BCUT2D eigenvalue weighted by atomic mass is 16.5. The van der Waals surface area contributed by atoms with Crippen molar-refractivity contribution in [3.8, 4) is 17.2 Å². The van der Waals surface area contributed by atoms with Crippen LogP contribution in [-0.2, 0) is 10.2 Å². The molecule has 0 bridgehead atoms. The molecule has 30 heavy (non-hydrogen) atoms. The molecular weight excluding hydrogens is 378 g/mol. The molecule has 1 N–H and O–H groups in total. The molecule has 158 valence electrons. The van der Waals surface area contributed by atoms with Gasteiger partial charge in [-0.15, -0.1) is 15.0 Å².